The van der Waals surface area contributed by atoms with E-state index in [1.807, 2.05) is 42.5 Å². The Balaban J connectivity index is 1.53. The lowest BCUT2D eigenvalue weighted by molar-refractivity contribution is 0.355. The standard InChI is InChI=1S/C19H16N4O3S/c1-24-15-8-7-12(9-16(15)25-2)18-22-17(26-23-18)10-27-19-13-5-3-4-6-14(13)20-11-21-19/h3-9,11H,10H2,1-2H3. The predicted octanol–water partition coefficient (Wildman–Crippen LogP) is 3.99. The number of fused-ring (bicyclic) bond motifs is 1. The molecule has 7 nitrogen and oxygen atoms in total. The average Bonchev–Trinajstić information content (AvgIpc) is 3.20. The maximum atomic E-state index is 5.39. The van der Waals surface area contributed by atoms with Crippen molar-refractivity contribution in [1.82, 2.24) is 20.1 Å². The number of hydrogen-bond acceptors (Lipinski definition) is 8. The smallest absolute Gasteiger partial charge is 0.237 e. The molecule has 0 unspecified atom stereocenters. The van der Waals surface area contributed by atoms with Gasteiger partial charge in [0.15, 0.2) is 11.5 Å². The second-order valence-electron chi connectivity index (χ2n) is 5.57. The molecule has 0 spiro atoms. The summed E-state index contributed by atoms with van der Waals surface area (Å²) in [7, 11) is 3.18. The van der Waals surface area contributed by atoms with Crippen LogP contribution in [0.3, 0.4) is 0 Å². The summed E-state index contributed by atoms with van der Waals surface area (Å²) in [4.78, 5) is 13.1. The Morgan fingerprint density at radius 2 is 1.85 bits per heavy atom. The highest BCUT2D eigenvalue weighted by molar-refractivity contribution is 7.98. The lowest BCUT2D eigenvalue weighted by Gasteiger charge is -2.07. The van der Waals surface area contributed by atoms with E-state index in [-0.39, 0.29) is 0 Å². The molecule has 0 aliphatic heterocycles. The highest BCUT2D eigenvalue weighted by Gasteiger charge is 2.13. The summed E-state index contributed by atoms with van der Waals surface area (Å²) in [6.07, 6.45) is 1.56. The topological polar surface area (TPSA) is 83.2 Å². The van der Waals surface area contributed by atoms with Gasteiger partial charge in [0.2, 0.25) is 11.7 Å². The summed E-state index contributed by atoms with van der Waals surface area (Å²) < 4.78 is 16.0. The predicted molar refractivity (Wildman–Crippen MR) is 102 cm³/mol. The minimum atomic E-state index is 0.499. The molecule has 2 heterocycles. The van der Waals surface area contributed by atoms with Gasteiger partial charge >= 0.3 is 0 Å². The van der Waals surface area contributed by atoms with Gasteiger partial charge in [-0.15, -0.1) is 0 Å². The number of methoxy groups -OCH3 is 2. The van der Waals surface area contributed by atoms with Crippen molar-refractivity contribution in [2.24, 2.45) is 0 Å². The first-order valence-corrected chi connectivity index (χ1v) is 9.14. The van der Waals surface area contributed by atoms with Crippen LogP contribution in [0.15, 0.2) is 58.3 Å². The van der Waals surface area contributed by atoms with Crippen LogP contribution in [0.2, 0.25) is 0 Å². The van der Waals surface area contributed by atoms with Gasteiger partial charge in [-0.2, -0.15) is 4.98 Å². The SMILES string of the molecule is COc1ccc(-c2noc(CSc3ncnc4ccccc34)n2)cc1OC. The molecule has 0 bridgehead atoms. The van der Waals surface area contributed by atoms with Gasteiger partial charge < -0.3 is 14.0 Å². The van der Waals surface area contributed by atoms with Crippen LogP contribution in [0.4, 0.5) is 0 Å². The summed E-state index contributed by atoms with van der Waals surface area (Å²) in [6, 6.07) is 13.4. The van der Waals surface area contributed by atoms with Gasteiger partial charge in [0.1, 0.15) is 11.4 Å². The van der Waals surface area contributed by atoms with Crippen molar-refractivity contribution in [1.29, 1.82) is 0 Å². The molecule has 0 aliphatic carbocycles. The number of nitrogens with zero attached hydrogens (tertiary/aromatic N) is 4. The van der Waals surface area contributed by atoms with Crippen LogP contribution in [0.5, 0.6) is 11.5 Å². The zero-order chi connectivity index (χ0) is 18.6. The third-order valence-corrected chi connectivity index (χ3v) is 4.94. The summed E-state index contributed by atoms with van der Waals surface area (Å²) >= 11 is 1.53. The number of ether oxygens (including phenoxy) is 2. The van der Waals surface area contributed by atoms with Crippen molar-refractivity contribution in [2.75, 3.05) is 14.2 Å². The number of aromatic nitrogens is 4. The molecule has 2 aromatic carbocycles. The summed E-state index contributed by atoms with van der Waals surface area (Å²) in [5.41, 5.74) is 1.70. The largest absolute Gasteiger partial charge is 0.493 e. The molecule has 0 N–H and O–H groups in total. The van der Waals surface area contributed by atoms with Gasteiger partial charge in [-0.05, 0) is 24.3 Å². The number of hydrogen-bond donors (Lipinski definition) is 0. The van der Waals surface area contributed by atoms with E-state index in [9.17, 15) is 0 Å². The third-order valence-electron chi connectivity index (χ3n) is 3.95. The van der Waals surface area contributed by atoms with Gasteiger partial charge in [0, 0.05) is 10.9 Å². The summed E-state index contributed by atoms with van der Waals surface area (Å²) in [6.45, 7) is 0. The fourth-order valence-corrected chi connectivity index (χ4v) is 3.46. The number of rotatable bonds is 6. The number of para-hydroxylation sites is 1. The van der Waals surface area contributed by atoms with Crippen LogP contribution in [0, 0.1) is 0 Å². The highest BCUT2D eigenvalue weighted by Crippen LogP contribution is 2.32. The van der Waals surface area contributed by atoms with Gasteiger partial charge in [-0.1, -0.05) is 35.1 Å². The van der Waals surface area contributed by atoms with Gasteiger partial charge in [-0.3, -0.25) is 0 Å². The van der Waals surface area contributed by atoms with Crippen LogP contribution < -0.4 is 9.47 Å². The average molecular weight is 380 g/mol. The van der Waals surface area contributed by atoms with Crippen molar-refractivity contribution in [2.45, 2.75) is 10.8 Å². The third kappa shape index (κ3) is 3.56. The Morgan fingerprint density at radius 1 is 1.00 bits per heavy atom. The van der Waals surface area contributed by atoms with E-state index >= 15 is 0 Å². The maximum Gasteiger partial charge on any atom is 0.237 e. The van der Waals surface area contributed by atoms with E-state index in [0.29, 0.717) is 29.0 Å². The van der Waals surface area contributed by atoms with Crippen LogP contribution in [0.25, 0.3) is 22.3 Å². The monoisotopic (exact) mass is 380 g/mol. The normalized spacial score (nSPS) is 10.9. The zero-order valence-electron chi connectivity index (χ0n) is 14.7. The molecule has 8 heteroatoms. The fourth-order valence-electron chi connectivity index (χ4n) is 2.63. The molecule has 0 aliphatic rings. The van der Waals surface area contributed by atoms with E-state index in [4.69, 9.17) is 14.0 Å². The van der Waals surface area contributed by atoms with Crippen molar-refractivity contribution >= 4 is 22.7 Å². The molecule has 27 heavy (non-hydrogen) atoms. The van der Waals surface area contributed by atoms with Gasteiger partial charge in [0.25, 0.3) is 0 Å². The van der Waals surface area contributed by atoms with Crippen molar-refractivity contribution in [3.63, 3.8) is 0 Å². The van der Waals surface area contributed by atoms with Crippen LogP contribution in [-0.2, 0) is 5.75 Å². The first-order chi connectivity index (χ1) is 13.3. The Bertz CT molecular complexity index is 1080. The minimum absolute atomic E-state index is 0.499. The van der Waals surface area contributed by atoms with E-state index in [2.05, 4.69) is 20.1 Å². The van der Waals surface area contributed by atoms with E-state index in [0.717, 1.165) is 21.5 Å². The lowest BCUT2D eigenvalue weighted by atomic mass is 10.2. The molecule has 4 rings (SSSR count). The Kier molecular flexibility index (Phi) is 4.88. The number of thioether (sulfide) groups is 1. The van der Waals surface area contributed by atoms with Crippen molar-refractivity contribution < 1.29 is 14.0 Å². The molecule has 0 radical (unpaired) electrons. The van der Waals surface area contributed by atoms with Gasteiger partial charge in [0.05, 0.1) is 25.5 Å². The fraction of sp³-hybridized carbons (Fsp3) is 0.158. The summed E-state index contributed by atoms with van der Waals surface area (Å²) in [5, 5.41) is 5.95. The second-order valence-corrected chi connectivity index (χ2v) is 6.53. The quantitative estimate of drug-likeness (QED) is 0.367. The molecule has 0 amide bonds. The van der Waals surface area contributed by atoms with Crippen LogP contribution in [0.1, 0.15) is 5.89 Å². The maximum absolute atomic E-state index is 5.39. The van der Waals surface area contributed by atoms with Crippen LogP contribution >= 0.6 is 11.8 Å². The number of benzene rings is 2. The summed E-state index contributed by atoms with van der Waals surface area (Å²) in [5.74, 6) is 2.80. The minimum Gasteiger partial charge on any atom is -0.493 e. The molecule has 136 valence electrons. The highest BCUT2D eigenvalue weighted by atomic mass is 32.2. The van der Waals surface area contributed by atoms with E-state index < -0.39 is 0 Å². The van der Waals surface area contributed by atoms with Crippen molar-refractivity contribution in [3.8, 4) is 22.9 Å². The molecule has 2 aromatic heterocycles. The van der Waals surface area contributed by atoms with E-state index in [1.165, 1.54) is 11.8 Å². The molecule has 4 aromatic rings. The molecular formula is C19H16N4O3S. The van der Waals surface area contributed by atoms with Crippen molar-refractivity contribution in [3.05, 3.63) is 54.7 Å². The van der Waals surface area contributed by atoms with E-state index in [1.54, 1.807) is 20.5 Å². The second kappa shape index (κ2) is 7.63. The first kappa shape index (κ1) is 17.3. The van der Waals surface area contributed by atoms with Gasteiger partial charge in [-0.25, -0.2) is 9.97 Å². The Morgan fingerprint density at radius 3 is 2.70 bits per heavy atom. The van der Waals surface area contributed by atoms with Crippen LogP contribution in [-0.4, -0.2) is 34.3 Å². The molecular weight excluding hydrogens is 364 g/mol. The lowest BCUT2D eigenvalue weighted by Crippen LogP contribution is -1.91. The molecule has 0 fully saturated rings. The molecule has 0 saturated carbocycles. The molecule has 0 atom stereocenters. The Hall–Kier alpha value is -3.13. The first-order valence-electron chi connectivity index (χ1n) is 8.16. The Labute approximate surface area is 159 Å². The molecule has 0 saturated heterocycles. The zero-order valence-corrected chi connectivity index (χ0v) is 15.6.